The summed E-state index contributed by atoms with van der Waals surface area (Å²) in [6.45, 7) is 7.07. The van der Waals surface area contributed by atoms with Crippen LogP contribution in [0, 0.1) is 11.8 Å². The van der Waals surface area contributed by atoms with Crippen LogP contribution in [-0.2, 0) is 43.2 Å². The molecule has 0 aliphatic heterocycles. The fraction of sp³-hybridized carbons (Fsp3) is 0.679. The van der Waals surface area contributed by atoms with E-state index in [2.05, 4.69) is 31.9 Å². The lowest BCUT2D eigenvalue weighted by Gasteiger charge is -2.28. The molecule has 0 spiro atoms. The normalized spacial score (nSPS) is 15.2. The molecule has 0 fully saturated rings. The number of rotatable bonds is 22. The number of nitrogens with one attached hydrogen (secondary N) is 6. The lowest BCUT2D eigenvalue weighted by atomic mass is 9.97. The third-order valence-electron chi connectivity index (χ3n) is 7.32. The summed E-state index contributed by atoms with van der Waals surface area (Å²) in [7, 11) is 0. The molecule has 0 aromatic rings. The van der Waals surface area contributed by atoms with Crippen molar-refractivity contribution in [3.05, 3.63) is 0 Å². The van der Waals surface area contributed by atoms with E-state index >= 15 is 0 Å². The van der Waals surface area contributed by atoms with E-state index in [-0.39, 0.29) is 19.4 Å². The van der Waals surface area contributed by atoms with Gasteiger partial charge in [0.25, 0.3) is 0 Å². The smallest absolute Gasteiger partial charge is 0.326 e. The summed E-state index contributed by atoms with van der Waals surface area (Å²) < 4.78 is 0. The van der Waals surface area contributed by atoms with Gasteiger partial charge in [0.2, 0.25) is 47.3 Å². The highest BCUT2D eigenvalue weighted by atomic mass is 16.4. The second-order valence-corrected chi connectivity index (χ2v) is 11.1. The Balaban J connectivity index is 5.79. The predicted octanol–water partition coefficient (Wildman–Crippen LogP) is -4.18. The maximum absolute atomic E-state index is 13.3. The third-order valence-corrected chi connectivity index (χ3v) is 7.32. The van der Waals surface area contributed by atoms with Gasteiger partial charge < -0.3 is 54.2 Å². The van der Waals surface area contributed by atoms with Crippen molar-refractivity contribution in [1.82, 2.24) is 31.9 Å². The SMILES string of the molecule is CC[C@H](C)[C@H](NC(=O)[C@H](CC(N)=O)NC(=O)[C@H](C)NC(=O)[C@@H](NC(=O)[C@H](CCC(N)=O)NC(=O)CNC(=O)CN)[C@@H](C)CC)C(=O)O. The molecule has 0 bridgehead atoms. The maximum atomic E-state index is 13.3. The van der Waals surface area contributed by atoms with Gasteiger partial charge in [0.15, 0.2) is 0 Å². The zero-order chi connectivity index (χ0) is 36.4. The van der Waals surface area contributed by atoms with Gasteiger partial charge in [-0.15, -0.1) is 0 Å². The number of aliphatic carboxylic acids is 1. The summed E-state index contributed by atoms with van der Waals surface area (Å²) in [6.07, 6.45) is -0.397. The molecule has 0 aromatic carbocycles. The van der Waals surface area contributed by atoms with Gasteiger partial charge in [-0.2, -0.15) is 0 Å². The van der Waals surface area contributed by atoms with Crippen molar-refractivity contribution in [2.24, 2.45) is 29.0 Å². The van der Waals surface area contributed by atoms with E-state index in [4.69, 9.17) is 17.2 Å². The first-order valence-corrected chi connectivity index (χ1v) is 15.1. The summed E-state index contributed by atoms with van der Waals surface area (Å²) in [5.41, 5.74) is 15.6. The molecule has 13 N–H and O–H groups in total. The van der Waals surface area contributed by atoms with Crippen LogP contribution in [0.3, 0.4) is 0 Å². The van der Waals surface area contributed by atoms with Gasteiger partial charge in [0.1, 0.15) is 30.2 Å². The number of primary amides is 2. The summed E-state index contributed by atoms with van der Waals surface area (Å²) in [4.78, 5) is 111. The van der Waals surface area contributed by atoms with Gasteiger partial charge in [-0.05, 0) is 25.2 Å². The minimum atomic E-state index is -1.56. The van der Waals surface area contributed by atoms with Crippen molar-refractivity contribution >= 4 is 53.2 Å². The zero-order valence-corrected chi connectivity index (χ0v) is 27.3. The van der Waals surface area contributed by atoms with Crippen LogP contribution in [0.25, 0.3) is 0 Å². The van der Waals surface area contributed by atoms with E-state index < -0.39 is 108 Å². The van der Waals surface area contributed by atoms with E-state index in [1.807, 2.05) is 0 Å². The van der Waals surface area contributed by atoms with Gasteiger partial charge in [-0.1, -0.05) is 40.5 Å². The Morgan fingerprint density at radius 3 is 1.66 bits per heavy atom. The molecule has 0 unspecified atom stereocenters. The molecule has 0 aliphatic carbocycles. The van der Waals surface area contributed by atoms with E-state index in [1.54, 1.807) is 27.7 Å². The molecule has 0 saturated heterocycles. The van der Waals surface area contributed by atoms with Crippen molar-refractivity contribution in [3.63, 3.8) is 0 Å². The van der Waals surface area contributed by atoms with Gasteiger partial charge in [-0.25, -0.2) is 4.79 Å². The highest BCUT2D eigenvalue weighted by Crippen LogP contribution is 2.11. The number of carbonyl (C=O) groups is 9. The Hall–Kier alpha value is -4.81. The molecule has 266 valence electrons. The topological polar surface area (TPSA) is 324 Å². The van der Waals surface area contributed by atoms with Crippen LogP contribution in [-0.4, -0.2) is 102 Å². The van der Waals surface area contributed by atoms with E-state index in [0.717, 1.165) is 0 Å². The summed E-state index contributed by atoms with van der Waals surface area (Å²) >= 11 is 0. The molecular formula is C28H49N9O10. The molecule has 0 aliphatic rings. The molecule has 0 heterocycles. The van der Waals surface area contributed by atoms with Crippen LogP contribution < -0.4 is 49.1 Å². The predicted molar refractivity (Wildman–Crippen MR) is 166 cm³/mol. The molecule has 0 saturated carbocycles. The average Bonchev–Trinajstić information content (AvgIpc) is 3.00. The average molecular weight is 672 g/mol. The lowest BCUT2D eigenvalue weighted by Crippen LogP contribution is -2.60. The second kappa shape index (κ2) is 21.1. The number of amides is 8. The lowest BCUT2D eigenvalue weighted by molar-refractivity contribution is -0.144. The van der Waals surface area contributed by atoms with Crippen LogP contribution in [0.4, 0.5) is 0 Å². The molecule has 0 rings (SSSR count). The van der Waals surface area contributed by atoms with Crippen LogP contribution in [0.5, 0.6) is 0 Å². The van der Waals surface area contributed by atoms with Gasteiger partial charge in [0.05, 0.1) is 19.5 Å². The fourth-order valence-electron chi connectivity index (χ4n) is 4.02. The number of carboxylic acids is 1. The Morgan fingerprint density at radius 2 is 1.17 bits per heavy atom. The van der Waals surface area contributed by atoms with Gasteiger partial charge >= 0.3 is 5.97 Å². The number of hydrogen-bond acceptors (Lipinski definition) is 10. The molecule has 7 atom stereocenters. The summed E-state index contributed by atoms with van der Waals surface area (Å²) in [5.74, 6) is -8.98. The Labute approximate surface area is 272 Å². The van der Waals surface area contributed by atoms with Gasteiger partial charge in [-0.3, -0.25) is 38.4 Å². The minimum absolute atomic E-state index is 0.228. The van der Waals surface area contributed by atoms with Crippen LogP contribution in [0.15, 0.2) is 0 Å². The van der Waals surface area contributed by atoms with Crippen LogP contribution in [0.2, 0.25) is 0 Å². The fourth-order valence-corrected chi connectivity index (χ4v) is 4.02. The molecule has 0 aromatic heterocycles. The van der Waals surface area contributed by atoms with E-state index in [0.29, 0.717) is 12.8 Å². The molecule has 0 radical (unpaired) electrons. The first-order chi connectivity index (χ1) is 21.9. The number of carboxylic acid groups (broad SMARTS) is 1. The molecular weight excluding hydrogens is 622 g/mol. The van der Waals surface area contributed by atoms with Crippen LogP contribution in [0.1, 0.15) is 66.7 Å². The summed E-state index contributed by atoms with van der Waals surface area (Å²) in [6, 6.07) is -6.76. The van der Waals surface area contributed by atoms with Crippen LogP contribution >= 0.6 is 0 Å². The van der Waals surface area contributed by atoms with Crippen molar-refractivity contribution in [2.75, 3.05) is 13.1 Å². The largest absolute Gasteiger partial charge is 0.480 e. The van der Waals surface area contributed by atoms with E-state index in [1.165, 1.54) is 6.92 Å². The van der Waals surface area contributed by atoms with Crippen molar-refractivity contribution < 1.29 is 48.3 Å². The minimum Gasteiger partial charge on any atom is -0.480 e. The first-order valence-electron chi connectivity index (χ1n) is 15.1. The highest BCUT2D eigenvalue weighted by molar-refractivity contribution is 5.97. The van der Waals surface area contributed by atoms with Crippen molar-refractivity contribution in [3.8, 4) is 0 Å². The first kappa shape index (κ1) is 42.2. The second-order valence-electron chi connectivity index (χ2n) is 11.1. The third kappa shape index (κ3) is 15.8. The number of carbonyl (C=O) groups excluding carboxylic acids is 8. The van der Waals surface area contributed by atoms with Gasteiger partial charge in [0, 0.05) is 6.42 Å². The standard InChI is InChI=1S/C28H49N9O10/c1-6-13(3)22(36-25(43)16(8-9-18(30)38)34-21(41)12-32-20(40)11-29)27(45)33-15(5)24(42)35-17(10-19(31)39)26(44)37-23(28(46)47)14(4)7-2/h13-17,22-23H,6-12,29H2,1-5H3,(H2,30,38)(H2,31,39)(H,32,40)(H,33,45)(H,34,41)(H,35,42)(H,36,43)(H,37,44)(H,46,47)/t13-,14-,15-,16-,17-,22-,23-/m0/s1. The Kier molecular flexibility index (Phi) is 18.9. The quantitative estimate of drug-likeness (QED) is 0.0526. The number of hydrogen-bond donors (Lipinski definition) is 10. The molecule has 8 amide bonds. The number of nitrogens with two attached hydrogens (primary N) is 3. The molecule has 47 heavy (non-hydrogen) atoms. The molecule has 19 nitrogen and oxygen atoms in total. The zero-order valence-electron chi connectivity index (χ0n) is 27.3. The maximum Gasteiger partial charge on any atom is 0.326 e. The monoisotopic (exact) mass is 671 g/mol. The summed E-state index contributed by atoms with van der Waals surface area (Å²) in [5, 5.41) is 23.6. The van der Waals surface area contributed by atoms with Crippen molar-refractivity contribution in [1.29, 1.82) is 0 Å². The molecule has 19 heteroatoms. The Morgan fingerprint density at radius 1 is 0.638 bits per heavy atom. The van der Waals surface area contributed by atoms with E-state index in [9.17, 15) is 48.3 Å². The van der Waals surface area contributed by atoms with Crippen molar-refractivity contribution in [2.45, 2.75) is 96.9 Å². The highest BCUT2D eigenvalue weighted by Gasteiger charge is 2.34. The Bertz CT molecular complexity index is 1170.